The first kappa shape index (κ1) is 27.1. The summed E-state index contributed by atoms with van der Waals surface area (Å²) in [6.07, 6.45) is 0. The van der Waals surface area contributed by atoms with Gasteiger partial charge in [0.2, 0.25) is 5.91 Å². The number of methoxy groups -OCH3 is 2. The normalized spacial score (nSPS) is 12.5. The number of hydrogen-bond acceptors (Lipinski definition) is 5. The highest BCUT2D eigenvalue weighted by Gasteiger charge is 2.30. The summed E-state index contributed by atoms with van der Waals surface area (Å²) >= 11 is 0. The highest BCUT2D eigenvalue weighted by Crippen LogP contribution is 2.32. The number of rotatable bonds is 9. The Balaban J connectivity index is 1.89. The second-order valence-corrected chi connectivity index (χ2v) is 11.4. The van der Waals surface area contributed by atoms with E-state index in [9.17, 15) is 13.2 Å². The Morgan fingerprint density at radius 3 is 2.08 bits per heavy atom. The number of nitrogens with one attached hydrogen (secondary N) is 1. The smallest absolute Gasteiger partial charge is 0.264 e. The lowest BCUT2D eigenvalue weighted by Gasteiger charge is -2.26. The Bertz CT molecular complexity index is 1280. The molecule has 1 amide bonds. The van der Waals surface area contributed by atoms with Crippen molar-refractivity contribution in [3.05, 3.63) is 83.9 Å². The molecule has 0 saturated heterocycles. The molecule has 0 bridgehead atoms. The summed E-state index contributed by atoms with van der Waals surface area (Å²) in [7, 11) is -1.13. The van der Waals surface area contributed by atoms with E-state index in [1.54, 1.807) is 36.4 Å². The Morgan fingerprint density at radius 2 is 1.53 bits per heavy atom. The molecule has 1 N–H and O–H groups in total. The van der Waals surface area contributed by atoms with Crippen LogP contribution in [-0.4, -0.2) is 35.1 Å². The average molecular weight is 511 g/mol. The summed E-state index contributed by atoms with van der Waals surface area (Å²) in [5.41, 5.74) is 2.42. The van der Waals surface area contributed by atoms with Crippen LogP contribution in [0.3, 0.4) is 0 Å². The van der Waals surface area contributed by atoms with Crippen molar-refractivity contribution in [2.45, 2.75) is 44.0 Å². The van der Waals surface area contributed by atoms with Gasteiger partial charge in [0, 0.05) is 0 Å². The minimum absolute atomic E-state index is 0.0239. The van der Waals surface area contributed by atoms with Crippen molar-refractivity contribution in [1.82, 2.24) is 5.32 Å². The van der Waals surface area contributed by atoms with Gasteiger partial charge in [-0.25, -0.2) is 8.42 Å². The molecule has 0 aliphatic carbocycles. The molecule has 0 radical (unpaired) electrons. The van der Waals surface area contributed by atoms with Gasteiger partial charge in [-0.2, -0.15) is 0 Å². The minimum atomic E-state index is -4.09. The third-order valence-corrected chi connectivity index (χ3v) is 7.72. The second kappa shape index (κ2) is 11.0. The van der Waals surface area contributed by atoms with Crippen LogP contribution in [0.2, 0.25) is 0 Å². The van der Waals surface area contributed by atoms with Gasteiger partial charge in [0.05, 0.1) is 30.8 Å². The lowest BCUT2D eigenvalue weighted by molar-refractivity contribution is -0.120. The first-order chi connectivity index (χ1) is 17.0. The fourth-order valence-electron chi connectivity index (χ4n) is 3.78. The number of ether oxygens (including phenoxy) is 2. The van der Waals surface area contributed by atoms with Crippen molar-refractivity contribution >= 4 is 21.6 Å². The number of carbonyl (C=O) groups is 1. The van der Waals surface area contributed by atoms with Gasteiger partial charge in [0.15, 0.2) is 0 Å². The van der Waals surface area contributed by atoms with E-state index in [1.807, 2.05) is 31.2 Å². The van der Waals surface area contributed by atoms with Crippen LogP contribution in [0.25, 0.3) is 0 Å². The summed E-state index contributed by atoms with van der Waals surface area (Å²) in [5.74, 6) is 0.431. The molecule has 0 aromatic heterocycles. The summed E-state index contributed by atoms with van der Waals surface area (Å²) in [5, 5.41) is 2.93. The largest absolute Gasteiger partial charge is 0.497 e. The molecule has 36 heavy (non-hydrogen) atoms. The Morgan fingerprint density at radius 1 is 0.917 bits per heavy atom. The molecule has 8 heteroatoms. The highest BCUT2D eigenvalue weighted by atomic mass is 32.2. The standard InChI is InChI=1S/C28H34N2O5S/c1-20(21-11-13-22(14-12-21)28(2,3)4)29-27(31)19-30(25-9-7-8-10-26(25)35-6)36(32,33)24-17-15-23(34-5)16-18-24/h7-18,20H,19H2,1-6H3,(H,29,31)/t20-/m0/s1. The number of carbonyl (C=O) groups excluding carboxylic acids is 1. The average Bonchev–Trinajstić information content (AvgIpc) is 2.86. The van der Waals surface area contributed by atoms with Crippen LogP contribution in [0, 0.1) is 0 Å². The Kier molecular flexibility index (Phi) is 8.30. The minimum Gasteiger partial charge on any atom is -0.497 e. The van der Waals surface area contributed by atoms with Crippen molar-refractivity contribution in [3.63, 3.8) is 0 Å². The van der Waals surface area contributed by atoms with Gasteiger partial charge in [-0.15, -0.1) is 0 Å². The predicted molar refractivity (Wildman–Crippen MR) is 142 cm³/mol. The lowest BCUT2D eigenvalue weighted by atomic mass is 9.86. The molecular formula is C28H34N2O5S. The van der Waals surface area contributed by atoms with Gasteiger partial charge < -0.3 is 14.8 Å². The van der Waals surface area contributed by atoms with Crippen LogP contribution >= 0.6 is 0 Å². The first-order valence-electron chi connectivity index (χ1n) is 11.7. The molecule has 0 saturated carbocycles. The number of sulfonamides is 1. The maximum Gasteiger partial charge on any atom is 0.264 e. The second-order valence-electron chi connectivity index (χ2n) is 9.52. The zero-order valence-electron chi connectivity index (χ0n) is 21.6. The van der Waals surface area contributed by atoms with E-state index in [0.717, 1.165) is 9.87 Å². The molecule has 0 aliphatic heterocycles. The van der Waals surface area contributed by atoms with Crippen molar-refractivity contribution < 1.29 is 22.7 Å². The fraction of sp³-hybridized carbons (Fsp3) is 0.321. The van der Waals surface area contributed by atoms with E-state index in [2.05, 4.69) is 26.1 Å². The number of hydrogen-bond donors (Lipinski definition) is 1. The van der Waals surface area contributed by atoms with Crippen molar-refractivity contribution in [3.8, 4) is 11.5 Å². The Hall–Kier alpha value is -3.52. The molecule has 1 atom stereocenters. The monoisotopic (exact) mass is 510 g/mol. The Labute approximate surface area is 214 Å². The van der Waals surface area contributed by atoms with E-state index in [1.165, 1.54) is 31.9 Å². The fourth-order valence-corrected chi connectivity index (χ4v) is 5.21. The topological polar surface area (TPSA) is 84.9 Å². The maximum absolute atomic E-state index is 13.7. The van der Waals surface area contributed by atoms with Gasteiger partial charge in [-0.1, -0.05) is 57.2 Å². The molecule has 0 spiro atoms. The first-order valence-corrected chi connectivity index (χ1v) is 13.1. The number of para-hydroxylation sites is 2. The van der Waals surface area contributed by atoms with Crippen LogP contribution in [0.1, 0.15) is 44.9 Å². The molecule has 0 aliphatic rings. The quantitative estimate of drug-likeness (QED) is 0.434. The van der Waals surface area contributed by atoms with Gasteiger partial charge in [0.1, 0.15) is 18.0 Å². The molecule has 3 rings (SSSR count). The predicted octanol–water partition coefficient (Wildman–Crippen LogP) is 5.07. The molecule has 0 unspecified atom stereocenters. The van der Waals surface area contributed by atoms with Gasteiger partial charge >= 0.3 is 0 Å². The van der Waals surface area contributed by atoms with Crippen LogP contribution in [0.4, 0.5) is 5.69 Å². The van der Waals surface area contributed by atoms with Gasteiger partial charge in [-0.3, -0.25) is 9.10 Å². The third kappa shape index (κ3) is 6.18. The zero-order chi connectivity index (χ0) is 26.5. The molecule has 0 heterocycles. The van der Waals surface area contributed by atoms with Crippen molar-refractivity contribution in [1.29, 1.82) is 0 Å². The number of amides is 1. The van der Waals surface area contributed by atoms with Gasteiger partial charge in [-0.05, 0) is 59.9 Å². The molecule has 3 aromatic carbocycles. The van der Waals surface area contributed by atoms with E-state index in [-0.39, 0.29) is 22.0 Å². The maximum atomic E-state index is 13.7. The molecular weight excluding hydrogens is 476 g/mol. The highest BCUT2D eigenvalue weighted by molar-refractivity contribution is 7.92. The van der Waals surface area contributed by atoms with E-state index >= 15 is 0 Å². The van der Waals surface area contributed by atoms with E-state index < -0.39 is 22.5 Å². The summed E-state index contributed by atoms with van der Waals surface area (Å²) in [6, 6.07) is 20.5. The van der Waals surface area contributed by atoms with Crippen LogP contribution < -0.4 is 19.1 Å². The van der Waals surface area contributed by atoms with Gasteiger partial charge in [0.25, 0.3) is 10.0 Å². The number of benzene rings is 3. The lowest BCUT2D eigenvalue weighted by Crippen LogP contribution is -2.41. The number of nitrogens with zero attached hydrogens (tertiary/aromatic N) is 1. The zero-order valence-corrected chi connectivity index (χ0v) is 22.4. The van der Waals surface area contributed by atoms with Crippen LogP contribution in [0.5, 0.6) is 11.5 Å². The molecule has 192 valence electrons. The number of anilines is 1. The van der Waals surface area contributed by atoms with Crippen molar-refractivity contribution in [2.24, 2.45) is 0 Å². The SMILES string of the molecule is COc1ccc(S(=O)(=O)N(CC(=O)N[C@@H](C)c2ccc(C(C)(C)C)cc2)c2ccccc2OC)cc1. The van der Waals surface area contributed by atoms with E-state index in [0.29, 0.717) is 11.5 Å². The van der Waals surface area contributed by atoms with Crippen LogP contribution in [0.15, 0.2) is 77.7 Å². The summed E-state index contributed by atoms with van der Waals surface area (Å²) in [6.45, 7) is 7.88. The molecule has 7 nitrogen and oxygen atoms in total. The third-order valence-electron chi connectivity index (χ3n) is 5.94. The van der Waals surface area contributed by atoms with Crippen molar-refractivity contribution in [2.75, 3.05) is 25.1 Å². The summed E-state index contributed by atoms with van der Waals surface area (Å²) in [4.78, 5) is 13.2. The summed E-state index contributed by atoms with van der Waals surface area (Å²) < 4.78 is 39.0. The van der Waals surface area contributed by atoms with E-state index in [4.69, 9.17) is 9.47 Å². The molecule has 0 fully saturated rings. The van der Waals surface area contributed by atoms with Crippen LogP contribution in [-0.2, 0) is 20.2 Å². The molecule has 3 aromatic rings.